The minimum Gasteiger partial charge on any atom is -0.192 e. The molecule has 0 aliphatic heterocycles. The summed E-state index contributed by atoms with van der Waals surface area (Å²) in [6, 6.07) is 2.14. The highest BCUT2D eigenvalue weighted by Gasteiger charge is 1.97. The molecule has 0 radical (unpaired) electrons. The highest BCUT2D eigenvalue weighted by Crippen LogP contribution is 2.13. The lowest BCUT2D eigenvalue weighted by atomic mass is 10.0. The van der Waals surface area contributed by atoms with Crippen LogP contribution in [0.4, 0.5) is 0 Å². The van der Waals surface area contributed by atoms with Crippen molar-refractivity contribution in [3.63, 3.8) is 0 Å². The van der Waals surface area contributed by atoms with Crippen molar-refractivity contribution < 1.29 is 0 Å². The molecule has 0 bridgehead atoms. The van der Waals surface area contributed by atoms with Gasteiger partial charge in [0.1, 0.15) is 0 Å². The summed E-state index contributed by atoms with van der Waals surface area (Å²) < 4.78 is 0. The Labute approximate surface area is 87.4 Å². The molecule has 1 nitrogen and oxygen atoms in total. The normalized spacial score (nSPS) is 13.7. The molecule has 0 aromatic heterocycles. The first-order valence-corrected chi connectivity index (χ1v) is 5.10. The van der Waals surface area contributed by atoms with Gasteiger partial charge in [-0.25, -0.2) is 0 Å². The SMILES string of the molecule is C\C=C(C#N)/C=C\C(=C/CC)C(C)C. The first-order valence-electron chi connectivity index (χ1n) is 5.10. The summed E-state index contributed by atoms with van der Waals surface area (Å²) in [6.07, 6.45) is 8.97. The maximum Gasteiger partial charge on any atom is 0.0988 e. The average Bonchev–Trinajstić information content (AvgIpc) is 2.17. The predicted molar refractivity (Wildman–Crippen MR) is 61.7 cm³/mol. The van der Waals surface area contributed by atoms with Crippen molar-refractivity contribution in [2.75, 3.05) is 0 Å². The van der Waals surface area contributed by atoms with Crippen molar-refractivity contribution in [3.8, 4) is 6.07 Å². The van der Waals surface area contributed by atoms with Gasteiger partial charge in [0, 0.05) is 5.57 Å². The van der Waals surface area contributed by atoms with Crippen LogP contribution in [0.3, 0.4) is 0 Å². The summed E-state index contributed by atoms with van der Waals surface area (Å²) in [4.78, 5) is 0. The second kappa shape index (κ2) is 7.15. The van der Waals surface area contributed by atoms with Gasteiger partial charge in [-0.3, -0.25) is 0 Å². The summed E-state index contributed by atoms with van der Waals surface area (Å²) in [7, 11) is 0. The van der Waals surface area contributed by atoms with E-state index < -0.39 is 0 Å². The highest BCUT2D eigenvalue weighted by atomic mass is 14.2. The van der Waals surface area contributed by atoms with Crippen LogP contribution in [-0.2, 0) is 0 Å². The number of hydrogen-bond acceptors (Lipinski definition) is 1. The van der Waals surface area contributed by atoms with E-state index in [9.17, 15) is 0 Å². The first-order chi connectivity index (χ1) is 6.65. The van der Waals surface area contributed by atoms with Gasteiger partial charge in [0.2, 0.25) is 0 Å². The van der Waals surface area contributed by atoms with Gasteiger partial charge in [0.25, 0.3) is 0 Å². The number of nitriles is 1. The summed E-state index contributed by atoms with van der Waals surface area (Å²) in [6.45, 7) is 8.32. The molecule has 0 aromatic carbocycles. The Morgan fingerprint density at radius 3 is 2.36 bits per heavy atom. The highest BCUT2D eigenvalue weighted by molar-refractivity contribution is 5.36. The molecule has 0 spiro atoms. The third kappa shape index (κ3) is 4.67. The topological polar surface area (TPSA) is 23.8 Å². The lowest BCUT2D eigenvalue weighted by Gasteiger charge is -2.05. The smallest absolute Gasteiger partial charge is 0.0988 e. The molecule has 0 aliphatic carbocycles. The van der Waals surface area contributed by atoms with Crippen LogP contribution in [0.25, 0.3) is 0 Å². The van der Waals surface area contributed by atoms with E-state index in [1.165, 1.54) is 5.57 Å². The lowest BCUT2D eigenvalue weighted by molar-refractivity contribution is 0.785. The van der Waals surface area contributed by atoms with E-state index in [-0.39, 0.29) is 0 Å². The van der Waals surface area contributed by atoms with Gasteiger partial charge in [0.15, 0.2) is 0 Å². The van der Waals surface area contributed by atoms with E-state index in [2.05, 4.69) is 32.9 Å². The third-order valence-corrected chi connectivity index (χ3v) is 2.00. The zero-order valence-corrected chi connectivity index (χ0v) is 9.54. The maximum atomic E-state index is 8.72. The third-order valence-electron chi connectivity index (χ3n) is 2.00. The molecule has 14 heavy (non-hydrogen) atoms. The van der Waals surface area contributed by atoms with Gasteiger partial charge in [-0.15, -0.1) is 0 Å². The molecule has 76 valence electrons. The molecule has 1 heteroatoms. The molecule has 0 aliphatic rings. The summed E-state index contributed by atoms with van der Waals surface area (Å²) >= 11 is 0. The molecule has 0 atom stereocenters. The second-order valence-corrected chi connectivity index (χ2v) is 3.46. The van der Waals surface area contributed by atoms with Crippen molar-refractivity contribution in [3.05, 3.63) is 35.5 Å². The zero-order chi connectivity index (χ0) is 11.0. The number of allylic oxidation sites excluding steroid dienone is 6. The number of nitrogens with zero attached hydrogens (tertiary/aromatic N) is 1. The van der Waals surface area contributed by atoms with Gasteiger partial charge in [-0.2, -0.15) is 5.26 Å². The molecule has 0 saturated carbocycles. The largest absolute Gasteiger partial charge is 0.192 e. The van der Waals surface area contributed by atoms with E-state index in [1.54, 1.807) is 0 Å². The van der Waals surface area contributed by atoms with Crippen LogP contribution in [-0.4, -0.2) is 0 Å². The fourth-order valence-corrected chi connectivity index (χ4v) is 1.12. The Bertz CT molecular complexity index is 285. The summed E-state index contributed by atoms with van der Waals surface area (Å²) in [5.74, 6) is 0.517. The minimum absolute atomic E-state index is 0.517. The van der Waals surface area contributed by atoms with Crippen LogP contribution in [0, 0.1) is 17.2 Å². The van der Waals surface area contributed by atoms with Crippen LogP contribution in [0.5, 0.6) is 0 Å². The van der Waals surface area contributed by atoms with Gasteiger partial charge in [0.05, 0.1) is 6.07 Å². The van der Waals surface area contributed by atoms with E-state index in [1.807, 2.05) is 25.2 Å². The van der Waals surface area contributed by atoms with Gasteiger partial charge >= 0.3 is 0 Å². The molecule has 0 unspecified atom stereocenters. The molecule has 0 fully saturated rings. The van der Waals surface area contributed by atoms with Crippen LogP contribution >= 0.6 is 0 Å². The number of hydrogen-bond donors (Lipinski definition) is 0. The molecule has 0 rings (SSSR count). The maximum absolute atomic E-state index is 8.72. The van der Waals surface area contributed by atoms with Gasteiger partial charge in [-0.1, -0.05) is 39.0 Å². The van der Waals surface area contributed by atoms with E-state index in [0.717, 1.165) is 6.42 Å². The van der Waals surface area contributed by atoms with Crippen molar-refractivity contribution >= 4 is 0 Å². The Hall–Kier alpha value is -1.29. The van der Waals surface area contributed by atoms with Gasteiger partial charge < -0.3 is 0 Å². The van der Waals surface area contributed by atoms with E-state index in [4.69, 9.17) is 5.26 Å². The van der Waals surface area contributed by atoms with Crippen LogP contribution in [0.1, 0.15) is 34.1 Å². The second-order valence-electron chi connectivity index (χ2n) is 3.46. The van der Waals surface area contributed by atoms with Crippen molar-refractivity contribution in [1.29, 1.82) is 5.26 Å². The summed E-state index contributed by atoms with van der Waals surface area (Å²) in [5, 5.41) is 8.72. The molecular formula is C13H19N. The van der Waals surface area contributed by atoms with Gasteiger partial charge in [-0.05, 0) is 30.9 Å². The zero-order valence-electron chi connectivity index (χ0n) is 9.54. The predicted octanol–water partition coefficient (Wildman–Crippen LogP) is 4.00. The molecule has 0 amide bonds. The first kappa shape index (κ1) is 12.7. The monoisotopic (exact) mass is 189 g/mol. The fraction of sp³-hybridized carbons (Fsp3) is 0.462. The van der Waals surface area contributed by atoms with Crippen molar-refractivity contribution in [2.24, 2.45) is 5.92 Å². The molecule has 0 N–H and O–H groups in total. The standard InChI is InChI=1S/C13H19N/c1-5-7-13(11(3)4)9-8-12(6-2)10-14/h6-9,11H,5H2,1-4H3/b9-8-,12-6+,13-7+. The van der Waals surface area contributed by atoms with Crippen LogP contribution in [0.2, 0.25) is 0 Å². The number of rotatable bonds is 4. The van der Waals surface area contributed by atoms with Crippen LogP contribution < -0.4 is 0 Å². The van der Waals surface area contributed by atoms with Crippen molar-refractivity contribution in [1.82, 2.24) is 0 Å². The Morgan fingerprint density at radius 2 is 2.00 bits per heavy atom. The molecule has 0 heterocycles. The molecule has 0 aromatic rings. The quantitative estimate of drug-likeness (QED) is 0.484. The van der Waals surface area contributed by atoms with E-state index >= 15 is 0 Å². The van der Waals surface area contributed by atoms with Crippen molar-refractivity contribution in [2.45, 2.75) is 34.1 Å². The van der Waals surface area contributed by atoms with Crippen LogP contribution in [0.15, 0.2) is 35.5 Å². The Balaban J connectivity index is 4.63. The van der Waals surface area contributed by atoms with E-state index in [0.29, 0.717) is 11.5 Å². The Morgan fingerprint density at radius 1 is 1.36 bits per heavy atom. The fourth-order valence-electron chi connectivity index (χ4n) is 1.12. The molecule has 0 saturated heterocycles. The average molecular weight is 189 g/mol. The minimum atomic E-state index is 0.517. The summed E-state index contributed by atoms with van der Waals surface area (Å²) in [5.41, 5.74) is 2.01. The lowest BCUT2D eigenvalue weighted by Crippen LogP contribution is -1.90. The molecular weight excluding hydrogens is 170 g/mol. The Kier molecular flexibility index (Phi) is 6.49.